The fourth-order valence-corrected chi connectivity index (χ4v) is 2.75. The smallest absolute Gasteiger partial charge is 0.312 e. The Bertz CT molecular complexity index is 613. The van der Waals surface area contributed by atoms with E-state index in [9.17, 15) is 14.4 Å². The van der Waals surface area contributed by atoms with Gasteiger partial charge < -0.3 is 21.3 Å². The van der Waals surface area contributed by atoms with Crippen LogP contribution in [-0.2, 0) is 9.59 Å². The fourth-order valence-electron chi connectivity index (χ4n) is 2.75. The second-order valence-corrected chi connectivity index (χ2v) is 6.38. The van der Waals surface area contributed by atoms with Gasteiger partial charge in [0.2, 0.25) is 11.8 Å². The predicted molar refractivity (Wildman–Crippen MR) is 92.6 cm³/mol. The van der Waals surface area contributed by atoms with E-state index in [-0.39, 0.29) is 17.7 Å². The zero-order chi connectivity index (χ0) is 17.7. The highest BCUT2D eigenvalue weighted by molar-refractivity contribution is 5.98. The number of amides is 4. The van der Waals surface area contributed by atoms with Gasteiger partial charge in [0.05, 0.1) is 0 Å². The van der Waals surface area contributed by atoms with Gasteiger partial charge in [-0.15, -0.1) is 0 Å². The molecule has 1 atom stereocenters. The normalized spacial score (nSPS) is 15.5. The zero-order valence-corrected chi connectivity index (χ0v) is 14.0. The maximum Gasteiger partial charge on any atom is 0.312 e. The summed E-state index contributed by atoms with van der Waals surface area (Å²) in [4.78, 5) is 36.9. The SMILES string of the molecule is CC(C)C[C@@H](NC(N)=O)C(=O)Nc1ccc(N2CCCC2=O)cc1. The molecular weight excluding hydrogens is 308 g/mol. The van der Waals surface area contributed by atoms with E-state index in [2.05, 4.69) is 10.6 Å². The van der Waals surface area contributed by atoms with Crippen LogP contribution in [0.3, 0.4) is 0 Å². The van der Waals surface area contributed by atoms with Crippen LogP contribution in [0, 0.1) is 5.92 Å². The highest BCUT2D eigenvalue weighted by atomic mass is 16.2. The lowest BCUT2D eigenvalue weighted by molar-refractivity contribution is -0.118. The third kappa shape index (κ3) is 4.71. The van der Waals surface area contributed by atoms with Gasteiger partial charge in [0.25, 0.3) is 0 Å². The first kappa shape index (κ1) is 17.8. The van der Waals surface area contributed by atoms with Crippen LogP contribution in [0.4, 0.5) is 16.2 Å². The number of hydrogen-bond donors (Lipinski definition) is 3. The number of carbonyl (C=O) groups is 3. The van der Waals surface area contributed by atoms with Crippen LogP contribution in [0.1, 0.15) is 33.1 Å². The van der Waals surface area contributed by atoms with Crippen LogP contribution in [0.5, 0.6) is 0 Å². The number of nitrogens with one attached hydrogen (secondary N) is 2. The molecule has 0 unspecified atom stereocenters. The number of hydrogen-bond acceptors (Lipinski definition) is 3. The monoisotopic (exact) mass is 332 g/mol. The van der Waals surface area contributed by atoms with Crippen molar-refractivity contribution in [2.24, 2.45) is 11.7 Å². The summed E-state index contributed by atoms with van der Waals surface area (Å²) in [6, 6.07) is 5.70. The Labute approximate surface area is 141 Å². The molecule has 4 N–H and O–H groups in total. The number of anilines is 2. The minimum Gasteiger partial charge on any atom is -0.352 e. The molecule has 1 aliphatic heterocycles. The van der Waals surface area contributed by atoms with Crippen LogP contribution in [0.2, 0.25) is 0 Å². The molecule has 7 heteroatoms. The van der Waals surface area contributed by atoms with Gasteiger partial charge >= 0.3 is 6.03 Å². The van der Waals surface area contributed by atoms with Crippen LogP contribution in [0.15, 0.2) is 24.3 Å². The molecule has 1 aromatic rings. The molecule has 0 spiro atoms. The van der Waals surface area contributed by atoms with Gasteiger partial charge in [0.1, 0.15) is 6.04 Å². The lowest BCUT2D eigenvalue weighted by Crippen LogP contribution is -2.46. The Kier molecular flexibility index (Phi) is 5.78. The molecule has 0 bridgehead atoms. The Balaban J connectivity index is 2.01. The molecule has 1 heterocycles. The topological polar surface area (TPSA) is 105 Å². The van der Waals surface area contributed by atoms with Crippen molar-refractivity contribution in [3.05, 3.63) is 24.3 Å². The van der Waals surface area contributed by atoms with Crippen molar-refractivity contribution in [1.82, 2.24) is 5.32 Å². The van der Waals surface area contributed by atoms with E-state index < -0.39 is 12.1 Å². The van der Waals surface area contributed by atoms with Crippen molar-refractivity contribution < 1.29 is 14.4 Å². The van der Waals surface area contributed by atoms with Gasteiger partial charge in [0.15, 0.2) is 0 Å². The van der Waals surface area contributed by atoms with E-state index in [1.54, 1.807) is 29.2 Å². The Hall–Kier alpha value is -2.57. The average Bonchev–Trinajstić information content (AvgIpc) is 2.92. The molecule has 0 radical (unpaired) electrons. The zero-order valence-electron chi connectivity index (χ0n) is 14.0. The molecule has 4 amide bonds. The van der Waals surface area contributed by atoms with Gasteiger partial charge in [-0.1, -0.05) is 13.8 Å². The van der Waals surface area contributed by atoms with Gasteiger partial charge in [-0.25, -0.2) is 4.79 Å². The minimum atomic E-state index is -0.723. The van der Waals surface area contributed by atoms with Gasteiger partial charge in [-0.3, -0.25) is 9.59 Å². The lowest BCUT2D eigenvalue weighted by Gasteiger charge is -2.20. The van der Waals surface area contributed by atoms with E-state index in [4.69, 9.17) is 5.73 Å². The summed E-state index contributed by atoms with van der Waals surface area (Å²) < 4.78 is 0. The number of rotatable bonds is 6. The maximum atomic E-state index is 12.3. The van der Waals surface area contributed by atoms with Crippen LogP contribution < -0.4 is 21.3 Å². The van der Waals surface area contributed by atoms with Crippen molar-refractivity contribution in [2.75, 3.05) is 16.8 Å². The average molecular weight is 332 g/mol. The van der Waals surface area contributed by atoms with Crippen molar-refractivity contribution in [1.29, 1.82) is 0 Å². The van der Waals surface area contributed by atoms with E-state index in [1.165, 1.54) is 0 Å². The Morgan fingerprint density at radius 2 is 1.92 bits per heavy atom. The third-order valence-corrected chi connectivity index (χ3v) is 3.86. The first-order valence-electron chi connectivity index (χ1n) is 8.14. The second-order valence-electron chi connectivity index (χ2n) is 6.38. The quantitative estimate of drug-likeness (QED) is 0.740. The molecule has 0 aromatic heterocycles. The summed E-state index contributed by atoms with van der Waals surface area (Å²) in [5, 5.41) is 5.24. The number of benzene rings is 1. The first-order chi connectivity index (χ1) is 11.4. The van der Waals surface area contributed by atoms with Crippen LogP contribution >= 0.6 is 0 Å². The summed E-state index contributed by atoms with van der Waals surface area (Å²) in [7, 11) is 0. The van der Waals surface area contributed by atoms with Crippen molar-refractivity contribution >= 4 is 29.2 Å². The molecule has 24 heavy (non-hydrogen) atoms. The van der Waals surface area contributed by atoms with Crippen molar-refractivity contribution in [2.45, 2.75) is 39.2 Å². The maximum absolute atomic E-state index is 12.3. The Morgan fingerprint density at radius 3 is 2.42 bits per heavy atom. The number of primary amides is 1. The second kappa shape index (κ2) is 7.81. The number of nitrogens with two attached hydrogens (primary N) is 1. The highest BCUT2D eigenvalue weighted by Gasteiger charge is 2.23. The van der Waals surface area contributed by atoms with Crippen molar-refractivity contribution in [3.63, 3.8) is 0 Å². The number of urea groups is 1. The molecule has 7 nitrogen and oxygen atoms in total. The largest absolute Gasteiger partial charge is 0.352 e. The summed E-state index contributed by atoms with van der Waals surface area (Å²) in [6.07, 6.45) is 1.94. The highest BCUT2D eigenvalue weighted by Crippen LogP contribution is 2.23. The summed E-state index contributed by atoms with van der Waals surface area (Å²) in [5.74, 6) is 0.0399. The van der Waals surface area contributed by atoms with Gasteiger partial charge in [-0.2, -0.15) is 0 Å². The predicted octanol–water partition coefficient (Wildman–Crippen LogP) is 1.83. The minimum absolute atomic E-state index is 0.120. The third-order valence-electron chi connectivity index (χ3n) is 3.86. The van der Waals surface area contributed by atoms with Crippen LogP contribution in [-0.4, -0.2) is 30.4 Å². The lowest BCUT2D eigenvalue weighted by atomic mass is 10.0. The molecule has 1 aliphatic rings. The summed E-state index contributed by atoms with van der Waals surface area (Å²) in [6.45, 7) is 4.65. The molecule has 0 aliphatic carbocycles. The molecule has 1 saturated heterocycles. The van der Waals surface area contributed by atoms with Crippen LogP contribution in [0.25, 0.3) is 0 Å². The Morgan fingerprint density at radius 1 is 1.25 bits per heavy atom. The fraction of sp³-hybridized carbons (Fsp3) is 0.471. The van der Waals surface area contributed by atoms with Gasteiger partial charge in [-0.05, 0) is 43.0 Å². The van der Waals surface area contributed by atoms with Gasteiger partial charge in [0, 0.05) is 24.3 Å². The number of nitrogens with zero attached hydrogens (tertiary/aromatic N) is 1. The molecule has 2 rings (SSSR count). The molecular formula is C17H24N4O3. The molecule has 1 aromatic carbocycles. The standard InChI is InChI=1S/C17H24N4O3/c1-11(2)10-14(20-17(18)24)16(23)19-12-5-7-13(8-6-12)21-9-3-4-15(21)22/h5-8,11,14H,3-4,9-10H2,1-2H3,(H,19,23)(H3,18,20,24)/t14-/m1/s1. The van der Waals surface area contributed by atoms with E-state index in [1.807, 2.05) is 13.8 Å². The number of carbonyl (C=O) groups excluding carboxylic acids is 3. The molecule has 130 valence electrons. The first-order valence-corrected chi connectivity index (χ1v) is 8.14. The molecule has 1 fully saturated rings. The summed E-state index contributed by atoms with van der Waals surface area (Å²) >= 11 is 0. The van der Waals surface area contributed by atoms with Crippen molar-refractivity contribution in [3.8, 4) is 0 Å². The van der Waals surface area contributed by atoms with E-state index >= 15 is 0 Å². The van der Waals surface area contributed by atoms with E-state index in [0.717, 1.165) is 18.7 Å². The molecule has 0 saturated carbocycles. The van der Waals surface area contributed by atoms with E-state index in [0.29, 0.717) is 18.5 Å². The summed E-state index contributed by atoms with van der Waals surface area (Å²) in [5.41, 5.74) is 6.57.